The van der Waals surface area contributed by atoms with Crippen molar-refractivity contribution >= 4 is 11.6 Å². The number of pyridine rings is 1. The van der Waals surface area contributed by atoms with Gasteiger partial charge in [0.25, 0.3) is 5.56 Å². The van der Waals surface area contributed by atoms with Crippen LogP contribution in [0.5, 0.6) is 5.75 Å². The van der Waals surface area contributed by atoms with Crippen molar-refractivity contribution < 1.29 is 4.74 Å². The van der Waals surface area contributed by atoms with Gasteiger partial charge in [0.15, 0.2) is 0 Å². The monoisotopic (exact) mass is 201 g/mol. The Bertz CT molecular complexity index is 371. The molecule has 0 aliphatic heterocycles. The van der Waals surface area contributed by atoms with Crippen molar-refractivity contribution in [3.05, 3.63) is 27.2 Å². The number of halogens is 1. The highest BCUT2D eigenvalue weighted by molar-refractivity contribution is 6.17. The summed E-state index contributed by atoms with van der Waals surface area (Å²) in [4.78, 5) is 14.0. The van der Waals surface area contributed by atoms with E-state index in [-0.39, 0.29) is 11.4 Å². The fourth-order valence-electron chi connectivity index (χ4n) is 1.29. The van der Waals surface area contributed by atoms with Crippen LogP contribution in [0.2, 0.25) is 0 Å². The highest BCUT2D eigenvalue weighted by atomic mass is 35.5. The Morgan fingerprint density at radius 1 is 1.38 bits per heavy atom. The van der Waals surface area contributed by atoms with Crippen molar-refractivity contribution in [3.8, 4) is 5.75 Å². The van der Waals surface area contributed by atoms with E-state index in [9.17, 15) is 4.79 Å². The van der Waals surface area contributed by atoms with E-state index in [1.807, 2.05) is 6.92 Å². The minimum Gasteiger partial charge on any atom is -0.496 e. The Morgan fingerprint density at radius 3 is 2.46 bits per heavy atom. The van der Waals surface area contributed by atoms with Crippen LogP contribution in [0.4, 0.5) is 0 Å². The first-order valence-electron chi connectivity index (χ1n) is 3.94. The van der Waals surface area contributed by atoms with E-state index in [0.29, 0.717) is 17.0 Å². The first kappa shape index (κ1) is 10.1. The zero-order valence-electron chi connectivity index (χ0n) is 7.90. The standard InChI is InChI=1S/C9H12ClNO2/c1-5-7(4-10)11-9(12)6(2)8(5)13-3/h4H2,1-3H3,(H,11,12). The number of hydrogen-bond acceptors (Lipinski definition) is 2. The number of aromatic amines is 1. The molecule has 1 heterocycles. The van der Waals surface area contributed by atoms with Gasteiger partial charge in [-0.2, -0.15) is 0 Å². The first-order valence-corrected chi connectivity index (χ1v) is 4.47. The van der Waals surface area contributed by atoms with E-state index in [0.717, 1.165) is 5.56 Å². The summed E-state index contributed by atoms with van der Waals surface area (Å²) in [6.45, 7) is 3.60. The minimum atomic E-state index is -0.141. The molecule has 1 N–H and O–H groups in total. The molecule has 3 nitrogen and oxygen atoms in total. The maximum atomic E-state index is 11.3. The van der Waals surface area contributed by atoms with E-state index in [1.54, 1.807) is 14.0 Å². The molecule has 0 spiro atoms. The van der Waals surface area contributed by atoms with E-state index in [1.165, 1.54) is 0 Å². The van der Waals surface area contributed by atoms with Gasteiger partial charge in [0.05, 0.1) is 18.6 Å². The predicted molar refractivity (Wildman–Crippen MR) is 52.6 cm³/mol. The Balaban J connectivity index is 3.48. The third-order valence-electron chi connectivity index (χ3n) is 2.08. The van der Waals surface area contributed by atoms with Gasteiger partial charge in [-0.15, -0.1) is 11.6 Å². The molecule has 4 heteroatoms. The average Bonchev–Trinajstić information content (AvgIpc) is 2.12. The Hall–Kier alpha value is -0.960. The zero-order chi connectivity index (χ0) is 10.0. The fraction of sp³-hybridized carbons (Fsp3) is 0.444. The van der Waals surface area contributed by atoms with Gasteiger partial charge in [0, 0.05) is 11.3 Å². The summed E-state index contributed by atoms with van der Waals surface area (Å²) in [6.07, 6.45) is 0. The molecule has 1 aromatic rings. The molecule has 13 heavy (non-hydrogen) atoms. The molecule has 0 fully saturated rings. The Kier molecular flexibility index (Phi) is 2.98. The SMILES string of the molecule is COc1c(C)c(CCl)[nH]c(=O)c1C. The number of nitrogens with one attached hydrogen (secondary N) is 1. The lowest BCUT2D eigenvalue weighted by molar-refractivity contribution is 0.406. The molecular weight excluding hydrogens is 190 g/mol. The van der Waals surface area contributed by atoms with Crippen LogP contribution in [0.3, 0.4) is 0 Å². The number of rotatable bonds is 2. The normalized spacial score (nSPS) is 10.2. The average molecular weight is 202 g/mol. The summed E-state index contributed by atoms with van der Waals surface area (Å²) in [6, 6.07) is 0. The number of methoxy groups -OCH3 is 1. The van der Waals surface area contributed by atoms with Crippen molar-refractivity contribution in [3.63, 3.8) is 0 Å². The summed E-state index contributed by atoms with van der Waals surface area (Å²) in [5, 5.41) is 0. The molecule has 0 bridgehead atoms. The predicted octanol–water partition coefficient (Wildman–Crippen LogP) is 1.74. The topological polar surface area (TPSA) is 42.1 Å². The maximum absolute atomic E-state index is 11.3. The lowest BCUT2D eigenvalue weighted by atomic mass is 10.1. The van der Waals surface area contributed by atoms with Crippen molar-refractivity contribution in [2.24, 2.45) is 0 Å². The highest BCUT2D eigenvalue weighted by Crippen LogP contribution is 2.22. The minimum absolute atomic E-state index is 0.141. The molecule has 0 unspecified atom stereocenters. The van der Waals surface area contributed by atoms with Gasteiger partial charge >= 0.3 is 0 Å². The van der Waals surface area contributed by atoms with Crippen LogP contribution in [0, 0.1) is 13.8 Å². The Morgan fingerprint density at radius 2 is 2.00 bits per heavy atom. The van der Waals surface area contributed by atoms with Crippen molar-refractivity contribution in [2.75, 3.05) is 7.11 Å². The lowest BCUT2D eigenvalue weighted by Crippen LogP contribution is -2.15. The van der Waals surface area contributed by atoms with Gasteiger partial charge in [-0.25, -0.2) is 0 Å². The van der Waals surface area contributed by atoms with Crippen LogP contribution < -0.4 is 10.3 Å². The van der Waals surface area contributed by atoms with Crippen molar-refractivity contribution in [2.45, 2.75) is 19.7 Å². The van der Waals surface area contributed by atoms with Crippen LogP contribution in [0.25, 0.3) is 0 Å². The van der Waals surface area contributed by atoms with Gasteiger partial charge in [-0.3, -0.25) is 4.79 Å². The molecule has 0 radical (unpaired) electrons. The third kappa shape index (κ3) is 1.70. The quantitative estimate of drug-likeness (QED) is 0.741. The fourth-order valence-corrected chi connectivity index (χ4v) is 1.55. The van der Waals surface area contributed by atoms with Gasteiger partial charge < -0.3 is 9.72 Å². The molecule has 1 rings (SSSR count). The molecule has 0 aromatic carbocycles. The summed E-state index contributed by atoms with van der Waals surface area (Å²) in [5.74, 6) is 0.914. The molecule has 72 valence electrons. The van der Waals surface area contributed by atoms with E-state index in [2.05, 4.69) is 4.98 Å². The summed E-state index contributed by atoms with van der Waals surface area (Å²) in [5.41, 5.74) is 2.07. The van der Waals surface area contributed by atoms with Gasteiger partial charge in [-0.05, 0) is 13.8 Å². The van der Waals surface area contributed by atoms with Crippen molar-refractivity contribution in [1.29, 1.82) is 0 Å². The zero-order valence-corrected chi connectivity index (χ0v) is 8.66. The van der Waals surface area contributed by atoms with Crippen LogP contribution in [-0.2, 0) is 5.88 Å². The van der Waals surface area contributed by atoms with Crippen LogP contribution in [0.15, 0.2) is 4.79 Å². The molecule has 0 saturated heterocycles. The maximum Gasteiger partial charge on any atom is 0.254 e. The first-order chi connectivity index (χ1) is 6.11. The molecular formula is C9H12ClNO2. The van der Waals surface area contributed by atoms with Crippen LogP contribution >= 0.6 is 11.6 Å². The summed E-state index contributed by atoms with van der Waals surface area (Å²) >= 11 is 5.66. The highest BCUT2D eigenvalue weighted by Gasteiger charge is 2.10. The Labute approximate surface area is 81.7 Å². The molecule has 1 aromatic heterocycles. The second-order valence-corrected chi connectivity index (χ2v) is 3.12. The van der Waals surface area contributed by atoms with Crippen molar-refractivity contribution in [1.82, 2.24) is 4.98 Å². The number of H-pyrrole nitrogens is 1. The molecule has 0 aliphatic rings. The molecule has 0 atom stereocenters. The number of hydrogen-bond donors (Lipinski definition) is 1. The van der Waals surface area contributed by atoms with E-state index >= 15 is 0 Å². The molecule has 0 saturated carbocycles. The summed E-state index contributed by atoms with van der Waals surface area (Å²) in [7, 11) is 1.55. The molecule has 0 amide bonds. The third-order valence-corrected chi connectivity index (χ3v) is 2.34. The summed E-state index contributed by atoms with van der Waals surface area (Å²) < 4.78 is 5.12. The van der Waals surface area contributed by atoms with E-state index < -0.39 is 0 Å². The number of alkyl halides is 1. The molecule has 0 aliphatic carbocycles. The van der Waals surface area contributed by atoms with Crippen LogP contribution in [0.1, 0.15) is 16.8 Å². The lowest BCUT2D eigenvalue weighted by Gasteiger charge is -2.10. The largest absolute Gasteiger partial charge is 0.496 e. The van der Waals surface area contributed by atoms with E-state index in [4.69, 9.17) is 16.3 Å². The van der Waals surface area contributed by atoms with Crippen LogP contribution in [-0.4, -0.2) is 12.1 Å². The number of aromatic nitrogens is 1. The second-order valence-electron chi connectivity index (χ2n) is 2.85. The smallest absolute Gasteiger partial charge is 0.254 e. The van der Waals surface area contributed by atoms with Gasteiger partial charge in [0.1, 0.15) is 5.75 Å². The second kappa shape index (κ2) is 3.83. The van der Waals surface area contributed by atoms with Gasteiger partial charge in [-0.1, -0.05) is 0 Å². The number of ether oxygens (including phenoxy) is 1. The van der Waals surface area contributed by atoms with Gasteiger partial charge in [0.2, 0.25) is 0 Å².